The van der Waals surface area contributed by atoms with E-state index < -0.39 is 11.6 Å². The van der Waals surface area contributed by atoms with Crippen LogP contribution in [0.3, 0.4) is 0 Å². The lowest BCUT2D eigenvalue weighted by atomic mass is 10.2. The zero-order chi connectivity index (χ0) is 13.1. The first-order chi connectivity index (χ1) is 8.54. The number of hydrogen-bond donors (Lipinski definition) is 1. The van der Waals surface area contributed by atoms with Crippen LogP contribution in [0, 0.1) is 11.6 Å². The highest BCUT2D eigenvalue weighted by molar-refractivity contribution is 5.52. The smallest absolute Gasteiger partial charge is 0.258 e. The highest BCUT2D eigenvalue weighted by Gasteiger charge is 2.11. The number of benzene rings is 1. The predicted molar refractivity (Wildman–Crippen MR) is 61.6 cm³/mol. The van der Waals surface area contributed by atoms with Crippen molar-refractivity contribution in [2.75, 3.05) is 0 Å². The van der Waals surface area contributed by atoms with Gasteiger partial charge in [0.1, 0.15) is 11.6 Å². The van der Waals surface area contributed by atoms with E-state index in [1.165, 1.54) is 0 Å². The van der Waals surface area contributed by atoms with Crippen LogP contribution in [-0.4, -0.2) is 16.2 Å². The van der Waals surface area contributed by atoms with Gasteiger partial charge in [-0.3, -0.25) is 0 Å². The van der Waals surface area contributed by atoms with Gasteiger partial charge in [0.25, 0.3) is 5.89 Å². The van der Waals surface area contributed by atoms with Gasteiger partial charge >= 0.3 is 0 Å². The van der Waals surface area contributed by atoms with Gasteiger partial charge in [0.15, 0.2) is 5.82 Å². The van der Waals surface area contributed by atoms with Crippen LogP contribution in [0.2, 0.25) is 0 Å². The van der Waals surface area contributed by atoms with Crippen LogP contribution < -0.4 is 5.32 Å². The van der Waals surface area contributed by atoms with E-state index in [-0.39, 0.29) is 11.5 Å². The molecule has 4 nitrogen and oxygen atoms in total. The summed E-state index contributed by atoms with van der Waals surface area (Å²) < 4.78 is 31.0. The Kier molecular flexibility index (Phi) is 3.66. The second-order valence-corrected chi connectivity index (χ2v) is 4.21. The van der Waals surface area contributed by atoms with Gasteiger partial charge in [0, 0.05) is 17.7 Å². The molecule has 0 spiro atoms. The molecule has 1 aromatic carbocycles. The van der Waals surface area contributed by atoms with Crippen LogP contribution >= 0.6 is 0 Å². The van der Waals surface area contributed by atoms with Crippen LogP contribution in [0.15, 0.2) is 22.7 Å². The summed E-state index contributed by atoms with van der Waals surface area (Å²) in [6.07, 6.45) is 0. The lowest BCUT2D eigenvalue weighted by Crippen LogP contribution is -2.22. The summed E-state index contributed by atoms with van der Waals surface area (Å²) in [4.78, 5) is 4.06. The first kappa shape index (κ1) is 12.6. The average Bonchev–Trinajstić information content (AvgIpc) is 2.73. The summed E-state index contributed by atoms with van der Waals surface area (Å²) >= 11 is 0. The minimum absolute atomic E-state index is 0.106. The third kappa shape index (κ3) is 3.10. The van der Waals surface area contributed by atoms with E-state index in [1.54, 1.807) is 0 Å². The summed E-state index contributed by atoms with van der Waals surface area (Å²) in [6.45, 7) is 4.42. The minimum Gasteiger partial charge on any atom is -0.334 e. The molecule has 1 aromatic heterocycles. The molecule has 0 fully saturated rings. The topological polar surface area (TPSA) is 51.0 Å². The molecule has 0 unspecified atom stereocenters. The molecule has 2 rings (SSSR count). The molecule has 0 bridgehead atoms. The zero-order valence-electron chi connectivity index (χ0n) is 10.1. The molecule has 6 heteroatoms. The predicted octanol–water partition coefficient (Wildman–Crippen LogP) is 2.51. The van der Waals surface area contributed by atoms with Gasteiger partial charge in [-0.05, 0) is 12.1 Å². The summed E-state index contributed by atoms with van der Waals surface area (Å²) in [5.74, 6) is -0.799. The van der Waals surface area contributed by atoms with Gasteiger partial charge < -0.3 is 9.84 Å². The van der Waals surface area contributed by atoms with E-state index in [2.05, 4.69) is 15.5 Å². The molecule has 0 aliphatic carbocycles. The van der Waals surface area contributed by atoms with Crippen molar-refractivity contribution in [3.63, 3.8) is 0 Å². The van der Waals surface area contributed by atoms with Gasteiger partial charge in [-0.15, -0.1) is 0 Å². The Morgan fingerprint density at radius 1 is 1.22 bits per heavy atom. The maximum Gasteiger partial charge on any atom is 0.258 e. The monoisotopic (exact) mass is 253 g/mol. The second kappa shape index (κ2) is 5.22. The minimum atomic E-state index is -0.676. The molecule has 1 heterocycles. The number of nitrogens with one attached hydrogen (secondary N) is 1. The molecule has 0 amide bonds. The van der Waals surface area contributed by atoms with Crippen molar-refractivity contribution in [2.45, 2.75) is 26.4 Å². The summed E-state index contributed by atoms with van der Waals surface area (Å²) in [6, 6.07) is 3.38. The molecule has 2 aromatic rings. The van der Waals surface area contributed by atoms with E-state index in [4.69, 9.17) is 4.52 Å². The highest BCUT2D eigenvalue weighted by atomic mass is 19.1. The van der Waals surface area contributed by atoms with Crippen molar-refractivity contribution in [3.8, 4) is 11.5 Å². The molecule has 0 saturated carbocycles. The Morgan fingerprint density at radius 3 is 2.50 bits per heavy atom. The summed E-state index contributed by atoms with van der Waals surface area (Å²) in [5, 5.41) is 6.85. The molecule has 96 valence electrons. The van der Waals surface area contributed by atoms with Crippen molar-refractivity contribution < 1.29 is 13.3 Å². The number of nitrogens with zero attached hydrogens (tertiary/aromatic N) is 2. The van der Waals surface area contributed by atoms with E-state index in [0.717, 1.165) is 18.2 Å². The van der Waals surface area contributed by atoms with Crippen molar-refractivity contribution >= 4 is 0 Å². The van der Waals surface area contributed by atoms with Crippen molar-refractivity contribution in [1.82, 2.24) is 15.5 Å². The zero-order valence-corrected chi connectivity index (χ0v) is 10.1. The van der Waals surface area contributed by atoms with Gasteiger partial charge in [-0.2, -0.15) is 4.98 Å². The largest absolute Gasteiger partial charge is 0.334 e. The Morgan fingerprint density at radius 2 is 1.89 bits per heavy atom. The molecule has 18 heavy (non-hydrogen) atoms. The van der Waals surface area contributed by atoms with Crippen molar-refractivity contribution in [1.29, 1.82) is 0 Å². The second-order valence-electron chi connectivity index (χ2n) is 4.21. The van der Waals surface area contributed by atoms with Gasteiger partial charge in [0.05, 0.1) is 6.54 Å². The summed E-state index contributed by atoms with van der Waals surface area (Å²) in [5.41, 5.74) is 0.232. The van der Waals surface area contributed by atoms with E-state index in [9.17, 15) is 8.78 Å². The fourth-order valence-electron chi connectivity index (χ4n) is 1.42. The number of hydrogen-bond acceptors (Lipinski definition) is 4. The Hall–Kier alpha value is -1.82. The lowest BCUT2D eigenvalue weighted by Gasteiger charge is -2.03. The first-order valence-electron chi connectivity index (χ1n) is 5.57. The molecule has 0 saturated heterocycles. The third-order valence-electron chi connectivity index (χ3n) is 2.25. The Balaban J connectivity index is 2.18. The fourth-order valence-corrected chi connectivity index (χ4v) is 1.42. The molecule has 0 aliphatic rings. The molecule has 0 aliphatic heterocycles. The van der Waals surface area contributed by atoms with Crippen LogP contribution in [-0.2, 0) is 6.54 Å². The molecular weight excluding hydrogens is 240 g/mol. The van der Waals surface area contributed by atoms with Crippen LogP contribution in [0.25, 0.3) is 11.5 Å². The number of rotatable bonds is 4. The molecule has 0 atom stereocenters. The molecule has 1 N–H and O–H groups in total. The first-order valence-corrected chi connectivity index (χ1v) is 5.57. The van der Waals surface area contributed by atoms with Crippen LogP contribution in [0.4, 0.5) is 8.78 Å². The van der Waals surface area contributed by atoms with Crippen LogP contribution in [0.5, 0.6) is 0 Å². The highest BCUT2D eigenvalue weighted by Crippen LogP contribution is 2.19. The summed E-state index contributed by atoms with van der Waals surface area (Å²) in [7, 11) is 0. The maximum atomic E-state index is 13.0. The van der Waals surface area contributed by atoms with Gasteiger partial charge in [-0.1, -0.05) is 19.0 Å². The quantitative estimate of drug-likeness (QED) is 0.909. The van der Waals surface area contributed by atoms with Crippen LogP contribution in [0.1, 0.15) is 19.7 Å². The molecule has 0 radical (unpaired) electrons. The Bertz CT molecular complexity index is 520. The maximum absolute atomic E-state index is 13.0. The average molecular weight is 253 g/mol. The number of halogens is 2. The fraction of sp³-hybridized carbons (Fsp3) is 0.333. The van der Waals surface area contributed by atoms with E-state index >= 15 is 0 Å². The normalized spacial score (nSPS) is 11.2. The number of aromatic nitrogens is 2. The standard InChI is InChI=1S/C12H13F2N3O/c1-7(2)15-6-11-16-12(18-17-11)8-3-9(13)5-10(14)4-8/h3-5,7,15H,6H2,1-2H3. The van der Waals surface area contributed by atoms with Gasteiger partial charge in [-0.25, -0.2) is 8.78 Å². The third-order valence-corrected chi connectivity index (χ3v) is 2.25. The molecular formula is C12H13F2N3O. The van der Waals surface area contributed by atoms with Gasteiger partial charge in [0.2, 0.25) is 0 Å². The lowest BCUT2D eigenvalue weighted by molar-refractivity contribution is 0.416. The SMILES string of the molecule is CC(C)NCc1noc(-c2cc(F)cc(F)c2)n1. The van der Waals surface area contributed by atoms with E-state index in [1.807, 2.05) is 13.8 Å². The van der Waals surface area contributed by atoms with Crippen molar-refractivity contribution in [3.05, 3.63) is 35.7 Å². The Labute approximate surface area is 103 Å². The van der Waals surface area contributed by atoms with Crippen molar-refractivity contribution in [2.24, 2.45) is 0 Å². The van der Waals surface area contributed by atoms with E-state index in [0.29, 0.717) is 18.4 Å².